The standard InChI is InChI=1S/C25H28F2N6O/c1-4-20-31-22-24(21-18(30-25(22)28)9-8-11-29-21)33(20)12-7-5-6-10-19(34)15-13-16(26)23(32(2)3)17(27)14-15/h8-9,11,13-14H,4-7,10,12H2,1-3H3,(H2,28,30). The number of hydrogen-bond donors (Lipinski definition) is 1. The number of hydrogen-bond acceptors (Lipinski definition) is 6. The third kappa shape index (κ3) is 4.42. The summed E-state index contributed by atoms with van der Waals surface area (Å²) in [6.45, 7) is 2.74. The van der Waals surface area contributed by atoms with Crippen LogP contribution in [0.2, 0.25) is 0 Å². The van der Waals surface area contributed by atoms with Gasteiger partial charge < -0.3 is 15.2 Å². The average Bonchev–Trinajstić information content (AvgIpc) is 3.17. The van der Waals surface area contributed by atoms with E-state index in [4.69, 9.17) is 10.7 Å². The lowest BCUT2D eigenvalue weighted by Gasteiger charge is -2.15. The van der Waals surface area contributed by atoms with Gasteiger partial charge in [-0.3, -0.25) is 9.78 Å². The number of nitrogens with zero attached hydrogens (tertiary/aromatic N) is 5. The molecule has 0 bridgehead atoms. The Morgan fingerprint density at radius 2 is 1.82 bits per heavy atom. The number of nitrogens with two attached hydrogens (primary N) is 1. The summed E-state index contributed by atoms with van der Waals surface area (Å²) < 4.78 is 30.5. The molecule has 4 rings (SSSR count). The van der Waals surface area contributed by atoms with Gasteiger partial charge in [0.15, 0.2) is 11.6 Å². The summed E-state index contributed by atoms with van der Waals surface area (Å²) in [4.78, 5) is 27.5. The lowest BCUT2D eigenvalue weighted by Crippen LogP contribution is -2.14. The van der Waals surface area contributed by atoms with E-state index in [9.17, 15) is 13.6 Å². The highest BCUT2D eigenvalue weighted by molar-refractivity contribution is 6.04. The van der Waals surface area contributed by atoms with Crippen molar-refractivity contribution in [3.8, 4) is 0 Å². The van der Waals surface area contributed by atoms with Crippen molar-refractivity contribution in [1.82, 2.24) is 19.5 Å². The molecule has 0 aliphatic carbocycles. The Balaban J connectivity index is 1.44. The number of aromatic nitrogens is 4. The number of carbonyl (C=O) groups excluding carboxylic acids is 1. The van der Waals surface area contributed by atoms with Crippen LogP contribution in [-0.4, -0.2) is 39.4 Å². The van der Waals surface area contributed by atoms with Crippen molar-refractivity contribution < 1.29 is 13.6 Å². The topological polar surface area (TPSA) is 89.9 Å². The van der Waals surface area contributed by atoms with Crippen LogP contribution in [-0.2, 0) is 13.0 Å². The summed E-state index contributed by atoms with van der Waals surface area (Å²) in [7, 11) is 3.11. The summed E-state index contributed by atoms with van der Waals surface area (Å²) in [5, 5.41) is 0. The third-order valence-electron chi connectivity index (χ3n) is 5.93. The van der Waals surface area contributed by atoms with Crippen molar-refractivity contribution in [2.45, 2.75) is 45.6 Å². The molecular formula is C25H28F2N6O. The molecule has 4 aromatic rings. The summed E-state index contributed by atoms with van der Waals surface area (Å²) in [5.41, 5.74) is 9.10. The number of carbonyl (C=O) groups is 1. The van der Waals surface area contributed by atoms with Gasteiger partial charge in [0, 0.05) is 45.2 Å². The molecule has 0 fully saturated rings. The van der Waals surface area contributed by atoms with Crippen LogP contribution in [0.1, 0.15) is 48.8 Å². The highest BCUT2D eigenvalue weighted by Gasteiger charge is 2.18. The van der Waals surface area contributed by atoms with Crippen molar-refractivity contribution in [3.05, 3.63) is 53.5 Å². The average molecular weight is 467 g/mol. The molecule has 0 amide bonds. The molecule has 1 aromatic carbocycles. The first-order valence-electron chi connectivity index (χ1n) is 11.4. The number of imidazole rings is 1. The number of ketones is 1. The monoisotopic (exact) mass is 466 g/mol. The van der Waals surface area contributed by atoms with Crippen molar-refractivity contribution in [3.63, 3.8) is 0 Å². The minimum atomic E-state index is -0.734. The molecule has 0 unspecified atom stereocenters. The van der Waals surface area contributed by atoms with E-state index in [0.29, 0.717) is 24.3 Å². The van der Waals surface area contributed by atoms with E-state index in [0.717, 1.165) is 53.8 Å². The summed E-state index contributed by atoms with van der Waals surface area (Å²) in [5.74, 6) is -0.442. The van der Waals surface area contributed by atoms with Gasteiger partial charge >= 0.3 is 0 Å². The van der Waals surface area contributed by atoms with Gasteiger partial charge in [-0.15, -0.1) is 0 Å². The minimum absolute atomic E-state index is 0.0648. The first-order chi connectivity index (χ1) is 16.3. The molecule has 0 atom stereocenters. The van der Waals surface area contributed by atoms with Gasteiger partial charge in [0.2, 0.25) is 0 Å². The predicted octanol–water partition coefficient (Wildman–Crippen LogP) is 4.91. The van der Waals surface area contributed by atoms with Gasteiger partial charge in [-0.2, -0.15) is 0 Å². The zero-order valence-corrected chi connectivity index (χ0v) is 19.6. The molecule has 3 aromatic heterocycles. The van der Waals surface area contributed by atoms with Crippen LogP contribution in [0.15, 0.2) is 30.5 Å². The van der Waals surface area contributed by atoms with Gasteiger partial charge in [0.05, 0.1) is 5.52 Å². The summed E-state index contributed by atoms with van der Waals surface area (Å²) in [6.07, 6.45) is 4.90. The maximum absolute atomic E-state index is 14.2. The fraction of sp³-hybridized carbons (Fsp3) is 0.360. The SMILES string of the molecule is CCc1nc2c(N)nc3cccnc3c2n1CCCCCC(=O)c1cc(F)c(N(C)C)c(F)c1. The largest absolute Gasteiger partial charge is 0.382 e. The van der Waals surface area contributed by atoms with E-state index in [2.05, 4.69) is 14.5 Å². The molecule has 0 saturated carbocycles. The number of aryl methyl sites for hydroxylation is 2. The van der Waals surface area contributed by atoms with E-state index in [-0.39, 0.29) is 23.5 Å². The first kappa shape index (κ1) is 23.5. The molecule has 178 valence electrons. The maximum Gasteiger partial charge on any atom is 0.163 e. The Hall–Kier alpha value is -3.62. The second-order valence-corrected chi connectivity index (χ2v) is 8.52. The molecule has 3 heterocycles. The number of benzene rings is 1. The number of unbranched alkanes of at least 4 members (excludes halogenated alkanes) is 2. The highest BCUT2D eigenvalue weighted by atomic mass is 19.1. The quantitative estimate of drug-likeness (QED) is 0.278. The molecule has 0 spiro atoms. The van der Waals surface area contributed by atoms with E-state index in [1.54, 1.807) is 20.3 Å². The Kier molecular flexibility index (Phi) is 6.72. The van der Waals surface area contributed by atoms with Crippen LogP contribution in [0.5, 0.6) is 0 Å². The predicted molar refractivity (Wildman–Crippen MR) is 130 cm³/mol. The smallest absolute Gasteiger partial charge is 0.163 e. The van der Waals surface area contributed by atoms with Gasteiger partial charge in [-0.05, 0) is 37.1 Å². The van der Waals surface area contributed by atoms with Crippen LogP contribution in [0.25, 0.3) is 22.1 Å². The Morgan fingerprint density at radius 1 is 1.09 bits per heavy atom. The second-order valence-electron chi connectivity index (χ2n) is 8.52. The molecule has 2 N–H and O–H groups in total. The number of pyridine rings is 2. The fourth-order valence-electron chi connectivity index (χ4n) is 4.31. The van der Waals surface area contributed by atoms with Crippen molar-refractivity contribution >= 4 is 39.4 Å². The molecule has 9 heteroatoms. The zero-order chi connectivity index (χ0) is 24.4. The lowest BCUT2D eigenvalue weighted by atomic mass is 10.0. The number of nitrogen functional groups attached to an aromatic ring is 1. The number of rotatable bonds is 9. The number of Topliss-reactive ketones (excluding diaryl/α,β-unsaturated/α-hetero) is 1. The lowest BCUT2D eigenvalue weighted by molar-refractivity contribution is 0.0978. The van der Waals surface area contributed by atoms with Crippen molar-refractivity contribution in [1.29, 1.82) is 0 Å². The maximum atomic E-state index is 14.2. The molecule has 7 nitrogen and oxygen atoms in total. The van der Waals surface area contributed by atoms with Crippen LogP contribution >= 0.6 is 0 Å². The van der Waals surface area contributed by atoms with Crippen molar-refractivity contribution in [2.24, 2.45) is 0 Å². The van der Waals surface area contributed by atoms with Gasteiger partial charge in [0.25, 0.3) is 0 Å². The zero-order valence-electron chi connectivity index (χ0n) is 19.6. The van der Waals surface area contributed by atoms with Gasteiger partial charge in [-0.25, -0.2) is 18.7 Å². The normalized spacial score (nSPS) is 11.4. The first-order valence-corrected chi connectivity index (χ1v) is 11.4. The third-order valence-corrected chi connectivity index (χ3v) is 5.93. The van der Waals surface area contributed by atoms with Gasteiger partial charge in [-0.1, -0.05) is 13.3 Å². The fourth-order valence-corrected chi connectivity index (χ4v) is 4.31. The molecule has 0 radical (unpaired) electrons. The Morgan fingerprint density at radius 3 is 2.50 bits per heavy atom. The summed E-state index contributed by atoms with van der Waals surface area (Å²) in [6, 6.07) is 5.93. The molecular weight excluding hydrogens is 438 g/mol. The minimum Gasteiger partial charge on any atom is -0.382 e. The molecule has 0 aliphatic heterocycles. The Bertz CT molecular complexity index is 1340. The highest BCUT2D eigenvalue weighted by Crippen LogP contribution is 2.28. The van der Waals surface area contributed by atoms with E-state index in [1.165, 1.54) is 4.90 Å². The van der Waals surface area contributed by atoms with E-state index < -0.39 is 11.6 Å². The van der Waals surface area contributed by atoms with Gasteiger partial charge in [0.1, 0.15) is 39.7 Å². The number of anilines is 2. The van der Waals surface area contributed by atoms with Crippen LogP contribution in [0.4, 0.5) is 20.3 Å². The molecule has 0 aliphatic rings. The summed E-state index contributed by atoms with van der Waals surface area (Å²) >= 11 is 0. The Labute approximate surface area is 196 Å². The van der Waals surface area contributed by atoms with Crippen molar-refractivity contribution in [2.75, 3.05) is 24.7 Å². The van der Waals surface area contributed by atoms with E-state index in [1.807, 2.05) is 19.1 Å². The van der Waals surface area contributed by atoms with Crippen LogP contribution in [0.3, 0.4) is 0 Å². The number of halogens is 2. The molecule has 0 saturated heterocycles. The second kappa shape index (κ2) is 9.70. The molecule has 34 heavy (non-hydrogen) atoms. The van der Waals surface area contributed by atoms with Crippen LogP contribution in [0, 0.1) is 11.6 Å². The number of fused-ring (bicyclic) bond motifs is 3. The van der Waals surface area contributed by atoms with Crippen LogP contribution < -0.4 is 10.6 Å². The van der Waals surface area contributed by atoms with E-state index >= 15 is 0 Å².